The Hall–Kier alpha value is -3.22. The van der Waals surface area contributed by atoms with Crippen LogP contribution >= 0.6 is 46.0 Å². The third kappa shape index (κ3) is 7.70. The molecule has 40 heavy (non-hydrogen) atoms. The Morgan fingerprint density at radius 2 is 1.85 bits per heavy atom. The average molecular weight is 693 g/mol. The Bertz CT molecular complexity index is 1460. The highest BCUT2D eigenvalue weighted by Gasteiger charge is 2.35. The van der Waals surface area contributed by atoms with Crippen molar-refractivity contribution in [2.75, 3.05) is 31.7 Å². The summed E-state index contributed by atoms with van der Waals surface area (Å²) in [7, 11) is 0. The van der Waals surface area contributed by atoms with Gasteiger partial charge in [0.15, 0.2) is 18.1 Å². The molecule has 0 spiro atoms. The lowest BCUT2D eigenvalue weighted by molar-refractivity contribution is -0.123. The highest BCUT2D eigenvalue weighted by Crippen LogP contribution is 2.37. The van der Waals surface area contributed by atoms with E-state index in [0.29, 0.717) is 43.7 Å². The van der Waals surface area contributed by atoms with E-state index in [0.717, 1.165) is 22.2 Å². The van der Waals surface area contributed by atoms with Gasteiger partial charge in [0.1, 0.15) is 12.4 Å². The topological polar surface area (TPSA) is 94.2 Å². The van der Waals surface area contributed by atoms with Gasteiger partial charge in [0.05, 0.1) is 26.6 Å². The van der Waals surface area contributed by atoms with Crippen LogP contribution in [-0.4, -0.2) is 48.3 Å². The first-order valence-electron chi connectivity index (χ1n) is 12.3. The third-order valence-electron chi connectivity index (χ3n) is 5.56. The molecule has 8 nitrogen and oxygen atoms in total. The fourth-order valence-electron chi connectivity index (χ4n) is 3.78. The largest absolute Gasteiger partial charge is 0.490 e. The number of imide groups is 1. The maximum atomic E-state index is 13.0. The van der Waals surface area contributed by atoms with E-state index in [1.165, 1.54) is 0 Å². The monoisotopic (exact) mass is 692 g/mol. The number of ether oxygens (including phenoxy) is 3. The summed E-state index contributed by atoms with van der Waals surface area (Å²) in [6.07, 6.45) is 1.64. The molecule has 4 rings (SSSR count). The van der Waals surface area contributed by atoms with Gasteiger partial charge in [-0.3, -0.25) is 19.3 Å². The van der Waals surface area contributed by atoms with E-state index in [-0.39, 0.29) is 35.8 Å². The van der Waals surface area contributed by atoms with Crippen LogP contribution in [0.3, 0.4) is 0 Å². The third-order valence-corrected chi connectivity index (χ3v) is 7.58. The van der Waals surface area contributed by atoms with Crippen LogP contribution in [0.1, 0.15) is 18.1 Å². The molecule has 0 unspecified atom stereocenters. The molecule has 0 radical (unpaired) electrons. The number of thioether (sulfide) groups is 1. The molecule has 1 N–H and O–H groups in total. The smallest absolute Gasteiger partial charge is 0.293 e. The second-order valence-electron chi connectivity index (χ2n) is 8.58. The van der Waals surface area contributed by atoms with Crippen LogP contribution in [0.2, 0.25) is 5.02 Å². The van der Waals surface area contributed by atoms with Crippen molar-refractivity contribution in [3.63, 3.8) is 0 Å². The van der Waals surface area contributed by atoms with Crippen molar-refractivity contribution in [3.05, 3.63) is 85.3 Å². The summed E-state index contributed by atoms with van der Waals surface area (Å²) in [5.74, 6) is 0.624. The number of carbonyl (C=O) groups excluding carboxylic acids is 3. The number of nitrogens with zero attached hydrogens (tertiary/aromatic N) is 1. The van der Waals surface area contributed by atoms with Crippen molar-refractivity contribution in [1.82, 2.24) is 4.90 Å². The van der Waals surface area contributed by atoms with Crippen LogP contribution in [0.4, 0.5) is 10.5 Å². The molecule has 1 aliphatic heterocycles. The van der Waals surface area contributed by atoms with Gasteiger partial charge in [-0.05, 0) is 102 Å². The van der Waals surface area contributed by atoms with Crippen molar-refractivity contribution < 1.29 is 28.6 Å². The predicted octanol–water partition coefficient (Wildman–Crippen LogP) is 6.78. The highest BCUT2D eigenvalue weighted by atomic mass is 127. The minimum atomic E-state index is -0.404. The van der Waals surface area contributed by atoms with Crippen LogP contribution in [0, 0.1) is 10.5 Å². The van der Waals surface area contributed by atoms with Crippen molar-refractivity contribution >= 4 is 74.8 Å². The first-order valence-corrected chi connectivity index (χ1v) is 14.6. The van der Waals surface area contributed by atoms with Crippen molar-refractivity contribution in [1.29, 1.82) is 0 Å². The minimum Gasteiger partial charge on any atom is -0.490 e. The first kappa shape index (κ1) is 29.8. The molecule has 3 amide bonds. The first-order chi connectivity index (χ1) is 19.2. The minimum absolute atomic E-state index is 0.0896. The van der Waals surface area contributed by atoms with Gasteiger partial charge in [-0.2, -0.15) is 0 Å². The molecule has 0 aliphatic carbocycles. The van der Waals surface area contributed by atoms with Crippen molar-refractivity contribution in [3.8, 4) is 17.2 Å². The number of hydrogen-bond acceptors (Lipinski definition) is 7. The molecule has 0 atom stereocenters. The summed E-state index contributed by atoms with van der Waals surface area (Å²) in [6.45, 7) is 4.15. The molecule has 1 fully saturated rings. The Morgan fingerprint density at radius 3 is 2.60 bits per heavy atom. The van der Waals surface area contributed by atoms with Gasteiger partial charge in [0.25, 0.3) is 17.1 Å². The Morgan fingerprint density at radius 1 is 1.05 bits per heavy atom. The molecule has 1 heterocycles. The van der Waals surface area contributed by atoms with E-state index < -0.39 is 5.91 Å². The van der Waals surface area contributed by atoms with E-state index >= 15 is 0 Å². The Balaban J connectivity index is 1.42. The van der Waals surface area contributed by atoms with E-state index in [1.54, 1.807) is 42.5 Å². The van der Waals surface area contributed by atoms with E-state index in [4.69, 9.17) is 25.8 Å². The molecule has 11 heteroatoms. The molecule has 208 valence electrons. The summed E-state index contributed by atoms with van der Waals surface area (Å²) in [5, 5.41) is 2.89. The summed E-state index contributed by atoms with van der Waals surface area (Å²) in [4.78, 5) is 39.4. The normalized spacial score (nSPS) is 14.0. The quantitative estimate of drug-likeness (QED) is 0.175. The average Bonchev–Trinajstić information content (AvgIpc) is 3.16. The zero-order chi connectivity index (χ0) is 28.6. The Labute approximate surface area is 255 Å². The summed E-state index contributed by atoms with van der Waals surface area (Å²) >= 11 is 9.05. The number of para-hydroxylation sites is 1. The number of anilines is 1. The molecule has 0 bridgehead atoms. The van der Waals surface area contributed by atoms with E-state index in [1.807, 2.05) is 38.1 Å². The van der Waals surface area contributed by atoms with Crippen LogP contribution in [0.5, 0.6) is 17.2 Å². The molecular weight excluding hydrogens is 667 g/mol. The number of nitrogens with one attached hydrogen (secondary N) is 1. The van der Waals surface area contributed by atoms with Crippen LogP contribution in [0.15, 0.2) is 65.6 Å². The fourth-order valence-corrected chi connectivity index (χ4v) is 5.62. The molecule has 3 aromatic carbocycles. The Kier molecular flexibility index (Phi) is 10.3. The molecule has 0 aromatic heterocycles. The molecule has 1 saturated heterocycles. The lowest BCUT2D eigenvalue weighted by atomic mass is 10.2. The zero-order valence-electron chi connectivity index (χ0n) is 21.7. The molecular formula is C29H26ClIN2O6S. The SMILES string of the molecule is CCOc1cc(/C=C2\SC(=O)N(CCOc3ccccc3Cl)C2=O)cc(I)c1OCC(=O)Nc1cccc(C)c1. The van der Waals surface area contributed by atoms with E-state index in [9.17, 15) is 14.4 Å². The van der Waals surface area contributed by atoms with Crippen molar-refractivity contribution in [2.24, 2.45) is 0 Å². The van der Waals surface area contributed by atoms with Gasteiger partial charge in [0, 0.05) is 5.69 Å². The molecule has 1 aliphatic rings. The maximum absolute atomic E-state index is 13.0. The van der Waals surface area contributed by atoms with Gasteiger partial charge in [-0.15, -0.1) is 0 Å². The number of benzene rings is 3. The van der Waals surface area contributed by atoms with Gasteiger partial charge < -0.3 is 19.5 Å². The standard InChI is InChI=1S/C29H26ClIN2O6S/c1-3-37-24-15-19(14-22(31)27(24)39-17-26(34)32-20-8-6-7-18(2)13-20)16-25-28(35)33(29(36)40-25)11-12-38-23-10-5-4-9-21(23)30/h4-10,13-16H,3,11-12,17H2,1-2H3,(H,32,34)/b25-16-. The summed E-state index contributed by atoms with van der Waals surface area (Å²) in [5.41, 5.74) is 2.38. The lowest BCUT2D eigenvalue weighted by Crippen LogP contribution is -2.32. The number of amides is 3. The van der Waals surface area contributed by atoms with Gasteiger partial charge in [0.2, 0.25) is 0 Å². The van der Waals surface area contributed by atoms with Crippen molar-refractivity contribution in [2.45, 2.75) is 13.8 Å². The maximum Gasteiger partial charge on any atom is 0.293 e. The highest BCUT2D eigenvalue weighted by molar-refractivity contribution is 14.1. The zero-order valence-corrected chi connectivity index (χ0v) is 25.5. The number of halogens is 2. The number of carbonyl (C=O) groups is 3. The van der Waals surface area contributed by atoms with Gasteiger partial charge >= 0.3 is 0 Å². The van der Waals surface area contributed by atoms with Crippen LogP contribution in [-0.2, 0) is 9.59 Å². The summed E-state index contributed by atoms with van der Waals surface area (Å²) in [6, 6.07) is 18.0. The lowest BCUT2D eigenvalue weighted by Gasteiger charge is -2.15. The summed E-state index contributed by atoms with van der Waals surface area (Å²) < 4.78 is 17.9. The van der Waals surface area contributed by atoms with Crippen LogP contribution in [0.25, 0.3) is 6.08 Å². The molecule has 0 saturated carbocycles. The molecule has 3 aromatic rings. The fraction of sp³-hybridized carbons (Fsp3) is 0.207. The van der Waals surface area contributed by atoms with E-state index in [2.05, 4.69) is 27.9 Å². The number of aryl methyl sites for hydroxylation is 1. The van der Waals surface area contributed by atoms with Crippen LogP contribution < -0.4 is 19.5 Å². The van der Waals surface area contributed by atoms with Gasteiger partial charge in [-0.25, -0.2) is 0 Å². The predicted molar refractivity (Wildman–Crippen MR) is 165 cm³/mol. The van der Waals surface area contributed by atoms with Gasteiger partial charge in [-0.1, -0.05) is 35.9 Å². The second kappa shape index (κ2) is 13.9. The number of rotatable bonds is 11. The number of hydrogen-bond donors (Lipinski definition) is 1. The second-order valence-corrected chi connectivity index (χ2v) is 11.1.